The standard InChI is InChI=1S/C53H45N5O5/c1-35-19-23-39(24-20-35)57(40-25-21-36(2)22-26-40)41-12-10-14-44(30-41)62-51(60)31-48(37(3)59)56-34-53(4,33-54)52(61)63-43-13-9-11-38(29-43)47-28-27-42(32-55-47)58-49-17-7-5-15-45(49)46-16-6-8-18-50(46)58/h5-30,32,48,56H,31,34H2,1-4H3. The van der Waals surface area contributed by atoms with Crippen LogP contribution in [-0.4, -0.2) is 39.9 Å². The number of pyridine rings is 1. The molecular formula is C53H45N5O5. The Balaban J connectivity index is 0.919. The first-order valence-corrected chi connectivity index (χ1v) is 20.7. The summed E-state index contributed by atoms with van der Waals surface area (Å²) in [6, 6.07) is 51.8. The van der Waals surface area contributed by atoms with Crippen LogP contribution in [0.3, 0.4) is 0 Å². The second kappa shape index (κ2) is 18.0. The highest BCUT2D eigenvalue weighted by Crippen LogP contribution is 2.37. The number of ether oxygens (including phenoxy) is 2. The number of nitrogens with zero attached hydrogens (tertiary/aromatic N) is 4. The van der Waals surface area contributed by atoms with E-state index in [1.165, 1.54) is 13.8 Å². The highest BCUT2D eigenvalue weighted by molar-refractivity contribution is 6.09. The molecular weight excluding hydrogens is 787 g/mol. The van der Waals surface area contributed by atoms with Gasteiger partial charge >= 0.3 is 11.9 Å². The van der Waals surface area contributed by atoms with Crippen LogP contribution in [0, 0.1) is 30.6 Å². The van der Waals surface area contributed by atoms with E-state index in [0.717, 1.165) is 55.7 Å². The predicted molar refractivity (Wildman–Crippen MR) is 247 cm³/mol. The number of carbonyl (C=O) groups excluding carboxylic acids is 3. The molecule has 2 atom stereocenters. The molecule has 0 aliphatic heterocycles. The fourth-order valence-corrected chi connectivity index (χ4v) is 7.53. The number of para-hydroxylation sites is 2. The molecule has 2 unspecified atom stereocenters. The van der Waals surface area contributed by atoms with Gasteiger partial charge in [0.25, 0.3) is 0 Å². The summed E-state index contributed by atoms with van der Waals surface area (Å²) in [5.74, 6) is -1.32. The van der Waals surface area contributed by atoms with Gasteiger partial charge in [-0.05, 0) is 100 Å². The third kappa shape index (κ3) is 9.10. The van der Waals surface area contributed by atoms with Gasteiger partial charge in [0.15, 0.2) is 5.41 Å². The molecule has 312 valence electrons. The third-order valence-electron chi connectivity index (χ3n) is 11.1. The summed E-state index contributed by atoms with van der Waals surface area (Å²) in [6.45, 7) is 6.56. The zero-order chi connectivity index (χ0) is 44.1. The van der Waals surface area contributed by atoms with Gasteiger partial charge < -0.3 is 24.3 Å². The van der Waals surface area contributed by atoms with Crippen molar-refractivity contribution in [1.29, 1.82) is 5.26 Å². The van der Waals surface area contributed by atoms with Gasteiger partial charge in [-0.2, -0.15) is 5.26 Å². The smallest absolute Gasteiger partial charge is 0.332 e. The fraction of sp³-hybridized carbons (Fsp3) is 0.151. The maximum absolute atomic E-state index is 13.6. The highest BCUT2D eigenvalue weighted by atomic mass is 16.5. The van der Waals surface area contributed by atoms with E-state index < -0.39 is 23.4 Å². The van der Waals surface area contributed by atoms with E-state index in [2.05, 4.69) is 39.0 Å². The van der Waals surface area contributed by atoms with E-state index in [-0.39, 0.29) is 24.5 Å². The average Bonchev–Trinajstić information content (AvgIpc) is 3.63. The molecule has 10 heteroatoms. The molecule has 0 fully saturated rings. The highest BCUT2D eigenvalue weighted by Gasteiger charge is 2.37. The fourth-order valence-electron chi connectivity index (χ4n) is 7.53. The number of aryl methyl sites for hydroxylation is 2. The van der Waals surface area contributed by atoms with Crippen molar-refractivity contribution in [3.63, 3.8) is 0 Å². The summed E-state index contributed by atoms with van der Waals surface area (Å²) < 4.78 is 13.7. The Kier molecular flexibility index (Phi) is 12.0. The number of ketones is 1. The Morgan fingerprint density at radius 2 is 1.30 bits per heavy atom. The van der Waals surface area contributed by atoms with Crippen LogP contribution in [0.2, 0.25) is 0 Å². The van der Waals surface area contributed by atoms with Crippen molar-refractivity contribution in [2.45, 2.75) is 40.2 Å². The lowest BCUT2D eigenvalue weighted by molar-refractivity contribution is -0.142. The lowest BCUT2D eigenvalue weighted by Gasteiger charge is -2.26. The molecule has 10 nitrogen and oxygen atoms in total. The van der Waals surface area contributed by atoms with Gasteiger partial charge in [-0.3, -0.25) is 14.6 Å². The van der Waals surface area contributed by atoms with Crippen molar-refractivity contribution in [1.82, 2.24) is 14.9 Å². The van der Waals surface area contributed by atoms with Crippen LogP contribution in [0.15, 0.2) is 164 Å². The van der Waals surface area contributed by atoms with E-state index in [4.69, 9.17) is 14.5 Å². The summed E-state index contributed by atoms with van der Waals surface area (Å²) in [5.41, 5.74) is 7.62. The number of nitrogens with one attached hydrogen (secondary N) is 1. The van der Waals surface area contributed by atoms with Crippen LogP contribution in [0.5, 0.6) is 11.5 Å². The van der Waals surface area contributed by atoms with Gasteiger partial charge in [0.1, 0.15) is 17.3 Å². The number of esters is 2. The van der Waals surface area contributed by atoms with Crippen LogP contribution in [-0.2, 0) is 14.4 Å². The quantitative estimate of drug-likeness (QED) is 0.0841. The Morgan fingerprint density at radius 3 is 1.87 bits per heavy atom. The van der Waals surface area contributed by atoms with Gasteiger partial charge in [-0.1, -0.05) is 90.0 Å². The molecule has 0 spiro atoms. The molecule has 8 aromatic rings. The molecule has 6 aromatic carbocycles. The Bertz CT molecular complexity index is 2910. The monoisotopic (exact) mass is 831 g/mol. The minimum Gasteiger partial charge on any atom is -0.426 e. The van der Waals surface area contributed by atoms with E-state index >= 15 is 0 Å². The van der Waals surface area contributed by atoms with E-state index in [1.807, 2.05) is 123 Å². The zero-order valence-electron chi connectivity index (χ0n) is 35.4. The van der Waals surface area contributed by atoms with Crippen molar-refractivity contribution in [2.24, 2.45) is 5.41 Å². The normalized spacial score (nSPS) is 12.6. The SMILES string of the molecule is CC(=O)C(CC(=O)Oc1cccc(N(c2ccc(C)cc2)c2ccc(C)cc2)c1)NCC(C)(C#N)C(=O)Oc1cccc(-c2ccc(-n3c4ccccc4c4ccccc43)cn2)c1. The Labute approximate surface area is 366 Å². The molecule has 0 saturated carbocycles. The number of hydrogen-bond donors (Lipinski definition) is 1. The minimum absolute atomic E-state index is 0.226. The molecule has 0 aliphatic carbocycles. The van der Waals surface area contributed by atoms with Gasteiger partial charge in [-0.15, -0.1) is 0 Å². The molecule has 0 saturated heterocycles. The van der Waals surface area contributed by atoms with Crippen LogP contribution in [0.1, 0.15) is 31.4 Å². The molecule has 2 aromatic heterocycles. The molecule has 0 radical (unpaired) electrons. The molecule has 0 aliphatic rings. The van der Waals surface area contributed by atoms with Crippen molar-refractivity contribution in [3.8, 4) is 34.5 Å². The number of nitriles is 1. The van der Waals surface area contributed by atoms with Crippen molar-refractivity contribution < 1.29 is 23.9 Å². The Morgan fingerprint density at radius 1 is 0.714 bits per heavy atom. The summed E-state index contributed by atoms with van der Waals surface area (Å²) >= 11 is 0. The number of fused-ring (bicyclic) bond motifs is 3. The van der Waals surface area contributed by atoms with Crippen LogP contribution < -0.4 is 19.7 Å². The first kappa shape index (κ1) is 41.8. The first-order valence-electron chi connectivity index (χ1n) is 20.7. The van der Waals surface area contributed by atoms with E-state index in [1.54, 1.807) is 36.4 Å². The molecule has 8 rings (SSSR count). The van der Waals surface area contributed by atoms with Crippen molar-refractivity contribution in [2.75, 3.05) is 11.4 Å². The molecule has 1 N–H and O–H groups in total. The zero-order valence-corrected chi connectivity index (χ0v) is 35.4. The number of carbonyl (C=O) groups is 3. The second-order valence-electron chi connectivity index (χ2n) is 15.9. The van der Waals surface area contributed by atoms with Crippen LogP contribution in [0.4, 0.5) is 17.1 Å². The summed E-state index contributed by atoms with van der Waals surface area (Å²) in [6.07, 6.45) is 1.48. The molecule has 63 heavy (non-hydrogen) atoms. The van der Waals surface area contributed by atoms with E-state index in [9.17, 15) is 19.6 Å². The molecule has 0 amide bonds. The van der Waals surface area contributed by atoms with Gasteiger partial charge in [0.05, 0.1) is 47.1 Å². The topological polar surface area (TPSA) is 127 Å². The summed E-state index contributed by atoms with van der Waals surface area (Å²) in [5, 5.41) is 15.5. The summed E-state index contributed by atoms with van der Waals surface area (Å²) in [4.78, 5) is 46.6. The number of benzene rings is 6. The number of rotatable bonds is 14. The van der Waals surface area contributed by atoms with Crippen LogP contribution >= 0.6 is 0 Å². The number of anilines is 3. The molecule has 0 bridgehead atoms. The summed E-state index contributed by atoms with van der Waals surface area (Å²) in [7, 11) is 0. The lowest BCUT2D eigenvalue weighted by Crippen LogP contribution is -2.47. The third-order valence-corrected chi connectivity index (χ3v) is 11.1. The maximum atomic E-state index is 13.6. The minimum atomic E-state index is -1.71. The average molecular weight is 832 g/mol. The van der Waals surface area contributed by atoms with Gasteiger partial charge in [0.2, 0.25) is 0 Å². The lowest BCUT2D eigenvalue weighted by atomic mass is 9.92. The Hall–Kier alpha value is -7.87. The first-order chi connectivity index (χ1) is 30.5. The van der Waals surface area contributed by atoms with Gasteiger partial charge in [0, 0.05) is 46.0 Å². The second-order valence-corrected chi connectivity index (χ2v) is 15.9. The van der Waals surface area contributed by atoms with Crippen molar-refractivity contribution in [3.05, 3.63) is 175 Å². The number of hydrogen-bond acceptors (Lipinski definition) is 9. The van der Waals surface area contributed by atoms with Crippen LogP contribution in [0.25, 0.3) is 38.8 Å². The van der Waals surface area contributed by atoms with Crippen molar-refractivity contribution >= 4 is 56.6 Å². The predicted octanol–water partition coefficient (Wildman–Crippen LogP) is 10.9. The van der Waals surface area contributed by atoms with E-state index in [0.29, 0.717) is 17.0 Å². The maximum Gasteiger partial charge on any atom is 0.332 e. The largest absolute Gasteiger partial charge is 0.426 e. The molecule has 2 heterocycles. The van der Waals surface area contributed by atoms with Gasteiger partial charge in [-0.25, -0.2) is 4.79 Å². The number of Topliss-reactive ketones (excluding diaryl/α,β-unsaturated/α-hetero) is 1. The number of aromatic nitrogens is 2.